The number of hydrogen-bond donors (Lipinski definition) is 0. The molecule has 0 N–H and O–H groups in total. The minimum atomic E-state index is -0.626. The summed E-state index contributed by atoms with van der Waals surface area (Å²) < 4.78 is 19.7. The van der Waals surface area contributed by atoms with E-state index in [0.717, 1.165) is 17.8 Å². The molecule has 0 unspecified atom stereocenters. The van der Waals surface area contributed by atoms with Crippen LogP contribution in [-0.4, -0.2) is 34.2 Å². The molecular formula is C24H16ClFN2O4S. The Labute approximate surface area is 197 Å². The summed E-state index contributed by atoms with van der Waals surface area (Å²) in [6.45, 7) is 0. The number of carbonyl (C=O) groups is 2. The molecule has 166 valence electrons. The number of fused-ring (bicyclic) bond motifs is 1. The van der Waals surface area contributed by atoms with E-state index >= 15 is 0 Å². The van der Waals surface area contributed by atoms with Gasteiger partial charge in [0.2, 0.25) is 0 Å². The van der Waals surface area contributed by atoms with E-state index in [-0.39, 0.29) is 38.2 Å². The quantitative estimate of drug-likeness (QED) is 0.168. The van der Waals surface area contributed by atoms with Crippen LogP contribution in [0.25, 0.3) is 16.6 Å². The maximum absolute atomic E-state index is 13.7. The van der Waals surface area contributed by atoms with Crippen molar-refractivity contribution in [3.8, 4) is 5.69 Å². The van der Waals surface area contributed by atoms with E-state index in [0.29, 0.717) is 11.3 Å². The van der Waals surface area contributed by atoms with Crippen LogP contribution in [0, 0.1) is 5.82 Å². The first-order chi connectivity index (χ1) is 15.9. The van der Waals surface area contributed by atoms with Crippen LogP contribution in [0.15, 0.2) is 76.7 Å². The fourth-order valence-corrected chi connectivity index (χ4v) is 4.28. The fourth-order valence-electron chi connectivity index (χ4n) is 3.20. The molecule has 0 saturated carbocycles. The molecule has 0 aliphatic carbocycles. The second-order valence-electron chi connectivity index (χ2n) is 6.93. The monoisotopic (exact) mass is 482 g/mol. The Morgan fingerprint density at radius 2 is 1.82 bits per heavy atom. The van der Waals surface area contributed by atoms with Gasteiger partial charge in [0.15, 0.2) is 10.9 Å². The van der Waals surface area contributed by atoms with Crippen molar-refractivity contribution < 1.29 is 18.7 Å². The average molecular weight is 483 g/mol. The van der Waals surface area contributed by atoms with Gasteiger partial charge in [-0.1, -0.05) is 53.7 Å². The standard InChI is InChI=1S/C24H16ClFN2O4S/c1-32-23(31)15-7-9-17-20(11-15)27-24(33-13-21(29)14-5-3-2-4-6-14)28(22(17)30)16-8-10-19(26)18(25)12-16/h2-12H,13H2,1H3. The number of Topliss-reactive ketones (excluding diaryl/α,β-unsaturated/α-hetero) is 1. The Bertz CT molecular complexity index is 1440. The molecule has 0 bridgehead atoms. The van der Waals surface area contributed by atoms with E-state index in [1.165, 1.54) is 42.0 Å². The summed E-state index contributed by atoms with van der Waals surface area (Å²) >= 11 is 7.00. The van der Waals surface area contributed by atoms with Crippen LogP contribution in [-0.2, 0) is 4.74 Å². The summed E-state index contributed by atoms with van der Waals surface area (Å²) in [7, 11) is 1.26. The summed E-state index contributed by atoms with van der Waals surface area (Å²) in [6, 6.07) is 17.0. The minimum Gasteiger partial charge on any atom is -0.465 e. The number of esters is 1. The number of hydrogen-bond acceptors (Lipinski definition) is 6. The van der Waals surface area contributed by atoms with Gasteiger partial charge in [0.25, 0.3) is 5.56 Å². The first-order valence-electron chi connectivity index (χ1n) is 9.70. The molecule has 9 heteroatoms. The lowest BCUT2D eigenvalue weighted by Crippen LogP contribution is -2.22. The molecule has 4 rings (SSSR count). The average Bonchev–Trinajstić information content (AvgIpc) is 2.84. The number of halogens is 2. The molecule has 0 radical (unpaired) electrons. The first-order valence-corrected chi connectivity index (χ1v) is 11.1. The van der Waals surface area contributed by atoms with Crippen LogP contribution < -0.4 is 5.56 Å². The van der Waals surface area contributed by atoms with Gasteiger partial charge in [-0.2, -0.15) is 0 Å². The summed E-state index contributed by atoms with van der Waals surface area (Å²) in [5.74, 6) is -1.34. The van der Waals surface area contributed by atoms with Gasteiger partial charge in [-0.15, -0.1) is 0 Å². The topological polar surface area (TPSA) is 78.3 Å². The first kappa shape index (κ1) is 22.7. The third-order valence-electron chi connectivity index (χ3n) is 4.85. The second kappa shape index (κ2) is 9.56. The van der Waals surface area contributed by atoms with Gasteiger partial charge in [0, 0.05) is 5.56 Å². The van der Waals surface area contributed by atoms with Crippen molar-refractivity contribution in [2.45, 2.75) is 5.16 Å². The molecule has 0 spiro atoms. The van der Waals surface area contributed by atoms with E-state index in [4.69, 9.17) is 16.3 Å². The molecule has 1 heterocycles. The minimum absolute atomic E-state index is 0.00752. The van der Waals surface area contributed by atoms with E-state index in [1.54, 1.807) is 24.3 Å². The predicted molar refractivity (Wildman–Crippen MR) is 125 cm³/mol. The Kier molecular flexibility index (Phi) is 6.57. The van der Waals surface area contributed by atoms with Crippen molar-refractivity contribution in [3.05, 3.63) is 99.1 Å². The maximum atomic E-state index is 13.7. The van der Waals surface area contributed by atoms with E-state index in [9.17, 15) is 18.8 Å². The fraction of sp³-hybridized carbons (Fsp3) is 0.0833. The van der Waals surface area contributed by atoms with Crippen molar-refractivity contribution in [2.75, 3.05) is 12.9 Å². The van der Waals surface area contributed by atoms with Gasteiger partial charge >= 0.3 is 5.97 Å². The van der Waals surface area contributed by atoms with Gasteiger partial charge in [-0.05, 0) is 36.4 Å². The molecule has 0 aliphatic rings. The van der Waals surface area contributed by atoms with Gasteiger partial charge in [-0.25, -0.2) is 14.2 Å². The molecule has 0 saturated heterocycles. The summed E-state index contributed by atoms with van der Waals surface area (Å²) in [6.07, 6.45) is 0. The Hall–Kier alpha value is -3.49. The molecular weight excluding hydrogens is 467 g/mol. The van der Waals surface area contributed by atoms with Crippen molar-refractivity contribution in [3.63, 3.8) is 0 Å². The van der Waals surface area contributed by atoms with E-state index in [2.05, 4.69) is 4.98 Å². The number of ketones is 1. The number of rotatable bonds is 6. The lowest BCUT2D eigenvalue weighted by molar-refractivity contribution is 0.0600. The molecule has 3 aromatic carbocycles. The highest BCUT2D eigenvalue weighted by molar-refractivity contribution is 7.99. The number of ether oxygens (including phenoxy) is 1. The van der Waals surface area contributed by atoms with Crippen molar-refractivity contribution in [2.24, 2.45) is 0 Å². The Morgan fingerprint density at radius 1 is 1.06 bits per heavy atom. The Balaban J connectivity index is 1.84. The van der Waals surface area contributed by atoms with Gasteiger partial charge in [0.1, 0.15) is 5.82 Å². The van der Waals surface area contributed by atoms with E-state index < -0.39 is 17.3 Å². The number of carbonyl (C=O) groups excluding carboxylic acids is 2. The number of thioether (sulfide) groups is 1. The van der Waals surface area contributed by atoms with Crippen molar-refractivity contribution in [1.82, 2.24) is 9.55 Å². The maximum Gasteiger partial charge on any atom is 0.337 e. The smallest absolute Gasteiger partial charge is 0.337 e. The zero-order chi connectivity index (χ0) is 23.5. The zero-order valence-corrected chi connectivity index (χ0v) is 18.8. The van der Waals surface area contributed by atoms with Gasteiger partial charge < -0.3 is 4.74 Å². The van der Waals surface area contributed by atoms with Crippen molar-refractivity contribution >= 4 is 46.0 Å². The number of methoxy groups -OCH3 is 1. The molecule has 0 fully saturated rings. The molecule has 1 aromatic heterocycles. The normalized spacial score (nSPS) is 10.9. The molecule has 0 amide bonds. The number of nitrogens with zero attached hydrogens (tertiary/aromatic N) is 2. The van der Waals surface area contributed by atoms with Crippen LogP contribution in [0.4, 0.5) is 4.39 Å². The summed E-state index contributed by atoms with van der Waals surface area (Å²) in [4.78, 5) is 42.5. The van der Waals surface area contributed by atoms with Crippen LogP contribution >= 0.6 is 23.4 Å². The largest absolute Gasteiger partial charge is 0.465 e. The molecule has 0 atom stereocenters. The summed E-state index contributed by atoms with van der Waals surface area (Å²) in [5.41, 5.74) is 0.872. The highest BCUT2D eigenvalue weighted by Gasteiger charge is 2.18. The van der Waals surface area contributed by atoms with Gasteiger partial charge in [-0.3, -0.25) is 14.2 Å². The number of aromatic nitrogens is 2. The van der Waals surface area contributed by atoms with Crippen LogP contribution in [0.3, 0.4) is 0 Å². The lowest BCUT2D eigenvalue weighted by Gasteiger charge is -2.14. The highest BCUT2D eigenvalue weighted by Crippen LogP contribution is 2.25. The predicted octanol–water partition coefficient (Wildman–Crippen LogP) is 4.94. The number of benzene rings is 3. The van der Waals surface area contributed by atoms with E-state index in [1.807, 2.05) is 6.07 Å². The summed E-state index contributed by atoms with van der Waals surface area (Å²) in [5, 5.41) is 0.278. The third kappa shape index (κ3) is 4.67. The van der Waals surface area contributed by atoms with Crippen LogP contribution in [0.2, 0.25) is 5.02 Å². The van der Waals surface area contributed by atoms with Crippen LogP contribution in [0.5, 0.6) is 0 Å². The molecule has 0 aliphatic heterocycles. The van der Waals surface area contributed by atoms with Crippen LogP contribution in [0.1, 0.15) is 20.7 Å². The van der Waals surface area contributed by atoms with Gasteiger partial charge in [0.05, 0.1) is 40.0 Å². The highest BCUT2D eigenvalue weighted by atomic mass is 35.5. The third-order valence-corrected chi connectivity index (χ3v) is 6.08. The SMILES string of the molecule is COC(=O)c1ccc2c(=O)n(-c3ccc(F)c(Cl)c3)c(SCC(=O)c3ccccc3)nc2c1. The zero-order valence-electron chi connectivity index (χ0n) is 17.2. The molecule has 4 aromatic rings. The van der Waals surface area contributed by atoms with Crippen molar-refractivity contribution in [1.29, 1.82) is 0 Å². The lowest BCUT2D eigenvalue weighted by atomic mass is 10.1. The molecule has 33 heavy (non-hydrogen) atoms. The Morgan fingerprint density at radius 3 is 2.52 bits per heavy atom. The second-order valence-corrected chi connectivity index (χ2v) is 8.28. The molecule has 6 nitrogen and oxygen atoms in total.